The molecule has 112 valence electrons. The third-order valence-electron chi connectivity index (χ3n) is 2.54. The number of nitrogens with zero attached hydrogens (tertiary/aromatic N) is 1. The summed E-state index contributed by atoms with van der Waals surface area (Å²) in [5, 5.41) is 2.62. The number of hydrogen-bond acceptors (Lipinski definition) is 4. The maximum Gasteiger partial charge on any atom is 0.279 e. The van der Waals surface area contributed by atoms with Crippen LogP contribution >= 0.6 is 0 Å². The Bertz CT molecular complexity index is 540. The second-order valence-electron chi connectivity index (χ2n) is 4.23. The van der Waals surface area contributed by atoms with E-state index >= 15 is 0 Å². The summed E-state index contributed by atoms with van der Waals surface area (Å²) >= 11 is 0. The lowest BCUT2D eigenvalue weighted by atomic mass is 10.2. The molecule has 0 unspecified atom stereocenters. The Morgan fingerprint density at radius 1 is 1.25 bits per heavy atom. The van der Waals surface area contributed by atoms with Gasteiger partial charge in [-0.1, -0.05) is 12.1 Å². The van der Waals surface area contributed by atoms with Crippen molar-refractivity contribution in [2.45, 2.75) is 6.54 Å². The number of hydrogen-bond donors (Lipinski definition) is 2. The Morgan fingerprint density at radius 2 is 1.85 bits per heavy atom. The number of methoxy groups -OCH3 is 1. The Kier molecular flexibility index (Phi) is 5.93. The SMILES string of the molecule is COc1ccc(CNC(=O)CNS(=O)(=O)N(C)C)cc1. The number of carbonyl (C=O) groups excluding carboxylic acids is 1. The first-order valence-corrected chi connectivity index (χ1v) is 7.36. The van der Waals surface area contributed by atoms with Gasteiger partial charge in [0, 0.05) is 20.6 Å². The van der Waals surface area contributed by atoms with Gasteiger partial charge >= 0.3 is 0 Å². The van der Waals surface area contributed by atoms with Crippen LogP contribution in [0.5, 0.6) is 5.75 Å². The standard InChI is InChI=1S/C12H19N3O4S/c1-15(2)20(17,18)14-9-12(16)13-8-10-4-6-11(19-3)7-5-10/h4-7,14H,8-9H2,1-3H3,(H,13,16). The van der Waals surface area contributed by atoms with Crippen LogP contribution in [0.4, 0.5) is 0 Å². The average Bonchev–Trinajstić information content (AvgIpc) is 2.43. The summed E-state index contributed by atoms with van der Waals surface area (Å²) in [6, 6.07) is 7.22. The van der Waals surface area contributed by atoms with E-state index in [1.807, 2.05) is 12.1 Å². The van der Waals surface area contributed by atoms with Crippen LogP contribution in [0.2, 0.25) is 0 Å². The molecular weight excluding hydrogens is 282 g/mol. The highest BCUT2D eigenvalue weighted by Crippen LogP contribution is 2.10. The fraction of sp³-hybridized carbons (Fsp3) is 0.417. The lowest BCUT2D eigenvalue weighted by Gasteiger charge is -2.12. The number of amides is 1. The van der Waals surface area contributed by atoms with E-state index in [0.29, 0.717) is 6.54 Å². The normalized spacial score (nSPS) is 11.4. The molecule has 0 atom stereocenters. The van der Waals surface area contributed by atoms with Gasteiger partial charge in [0.05, 0.1) is 13.7 Å². The molecule has 0 aliphatic rings. The van der Waals surface area contributed by atoms with Crippen molar-refractivity contribution in [3.63, 3.8) is 0 Å². The third-order valence-corrected chi connectivity index (χ3v) is 4.02. The highest BCUT2D eigenvalue weighted by molar-refractivity contribution is 7.87. The molecule has 1 aromatic carbocycles. The van der Waals surface area contributed by atoms with Gasteiger partial charge in [-0.3, -0.25) is 4.79 Å². The number of ether oxygens (including phenoxy) is 1. The van der Waals surface area contributed by atoms with E-state index in [1.165, 1.54) is 14.1 Å². The molecule has 0 spiro atoms. The molecule has 0 heterocycles. The molecule has 0 fully saturated rings. The van der Waals surface area contributed by atoms with Crippen LogP contribution in [0.15, 0.2) is 24.3 Å². The van der Waals surface area contributed by atoms with Gasteiger partial charge in [-0.25, -0.2) is 0 Å². The van der Waals surface area contributed by atoms with Gasteiger partial charge in [-0.2, -0.15) is 17.4 Å². The molecule has 0 radical (unpaired) electrons. The van der Waals surface area contributed by atoms with Crippen molar-refractivity contribution in [3.05, 3.63) is 29.8 Å². The van der Waals surface area contributed by atoms with Crippen LogP contribution in [0.25, 0.3) is 0 Å². The number of rotatable bonds is 7. The summed E-state index contributed by atoms with van der Waals surface area (Å²) in [5.74, 6) is 0.338. The van der Waals surface area contributed by atoms with Gasteiger partial charge in [0.15, 0.2) is 0 Å². The maximum absolute atomic E-state index is 11.5. The summed E-state index contributed by atoms with van der Waals surface area (Å²) in [5.41, 5.74) is 0.898. The molecule has 0 aromatic heterocycles. The van der Waals surface area contributed by atoms with Gasteiger partial charge in [-0.05, 0) is 17.7 Å². The molecule has 8 heteroatoms. The summed E-state index contributed by atoms with van der Waals surface area (Å²) in [6.07, 6.45) is 0. The molecule has 0 saturated heterocycles. The van der Waals surface area contributed by atoms with Crippen LogP contribution in [-0.2, 0) is 21.5 Å². The fourth-order valence-corrected chi connectivity index (χ4v) is 1.86. The van der Waals surface area contributed by atoms with Crippen LogP contribution in [-0.4, -0.2) is 46.4 Å². The Hall–Kier alpha value is -1.64. The molecule has 0 aliphatic heterocycles. The molecule has 0 saturated carbocycles. The van der Waals surface area contributed by atoms with E-state index in [1.54, 1.807) is 19.2 Å². The largest absolute Gasteiger partial charge is 0.497 e. The van der Waals surface area contributed by atoms with Crippen LogP contribution in [0.3, 0.4) is 0 Å². The van der Waals surface area contributed by atoms with E-state index in [2.05, 4.69) is 10.0 Å². The predicted octanol–water partition coefficient (Wildman–Crippen LogP) is -0.293. The number of carbonyl (C=O) groups is 1. The minimum absolute atomic E-state index is 0.295. The highest BCUT2D eigenvalue weighted by atomic mass is 32.2. The fourth-order valence-electron chi connectivity index (χ4n) is 1.29. The topological polar surface area (TPSA) is 87.7 Å². The molecule has 1 rings (SSSR count). The third kappa shape index (κ3) is 5.16. The molecule has 0 bridgehead atoms. The summed E-state index contributed by atoms with van der Waals surface area (Å²) < 4.78 is 31.0. The first-order valence-electron chi connectivity index (χ1n) is 5.92. The van der Waals surface area contributed by atoms with E-state index in [9.17, 15) is 13.2 Å². The zero-order chi connectivity index (χ0) is 15.2. The molecular formula is C12H19N3O4S. The summed E-state index contributed by atoms with van der Waals surface area (Å²) in [4.78, 5) is 11.5. The highest BCUT2D eigenvalue weighted by Gasteiger charge is 2.14. The minimum Gasteiger partial charge on any atom is -0.497 e. The Labute approximate surface area is 119 Å². The average molecular weight is 301 g/mol. The summed E-state index contributed by atoms with van der Waals surface area (Å²) in [7, 11) is 0.771. The van der Waals surface area contributed by atoms with Gasteiger partial charge in [0.2, 0.25) is 5.91 Å². The van der Waals surface area contributed by atoms with E-state index in [-0.39, 0.29) is 6.54 Å². The molecule has 0 aliphatic carbocycles. The molecule has 20 heavy (non-hydrogen) atoms. The van der Waals surface area contributed by atoms with Crippen molar-refractivity contribution in [1.29, 1.82) is 0 Å². The van der Waals surface area contributed by atoms with Crippen molar-refractivity contribution in [2.75, 3.05) is 27.7 Å². The van der Waals surface area contributed by atoms with Crippen LogP contribution < -0.4 is 14.8 Å². The minimum atomic E-state index is -3.58. The van der Waals surface area contributed by atoms with Gasteiger partial charge < -0.3 is 10.1 Å². The van der Waals surface area contributed by atoms with Crippen molar-refractivity contribution >= 4 is 16.1 Å². The second-order valence-corrected chi connectivity index (χ2v) is 6.20. The molecule has 1 aromatic rings. The Morgan fingerprint density at radius 3 is 2.35 bits per heavy atom. The molecule has 7 nitrogen and oxygen atoms in total. The number of nitrogens with one attached hydrogen (secondary N) is 2. The van der Waals surface area contributed by atoms with Crippen LogP contribution in [0, 0.1) is 0 Å². The van der Waals surface area contributed by atoms with Crippen molar-refractivity contribution in [1.82, 2.24) is 14.3 Å². The Balaban J connectivity index is 2.40. The van der Waals surface area contributed by atoms with Gasteiger partial charge in [0.1, 0.15) is 5.75 Å². The summed E-state index contributed by atoms with van der Waals surface area (Å²) in [6.45, 7) is 0.0309. The van der Waals surface area contributed by atoms with Crippen molar-refractivity contribution in [3.8, 4) is 5.75 Å². The van der Waals surface area contributed by atoms with Crippen molar-refractivity contribution < 1.29 is 17.9 Å². The van der Waals surface area contributed by atoms with Crippen LogP contribution in [0.1, 0.15) is 5.56 Å². The molecule has 2 N–H and O–H groups in total. The predicted molar refractivity (Wildman–Crippen MR) is 75.5 cm³/mol. The lowest BCUT2D eigenvalue weighted by Crippen LogP contribution is -2.41. The van der Waals surface area contributed by atoms with Gasteiger partial charge in [0.25, 0.3) is 10.2 Å². The van der Waals surface area contributed by atoms with E-state index in [4.69, 9.17) is 4.74 Å². The maximum atomic E-state index is 11.5. The zero-order valence-corrected chi connectivity index (χ0v) is 12.5. The zero-order valence-electron chi connectivity index (χ0n) is 11.7. The quantitative estimate of drug-likeness (QED) is 0.724. The molecule has 1 amide bonds. The monoisotopic (exact) mass is 301 g/mol. The first-order chi connectivity index (χ1) is 9.35. The lowest BCUT2D eigenvalue weighted by molar-refractivity contribution is -0.120. The smallest absolute Gasteiger partial charge is 0.279 e. The van der Waals surface area contributed by atoms with Gasteiger partial charge in [-0.15, -0.1) is 0 Å². The second kappa shape index (κ2) is 7.22. The first kappa shape index (κ1) is 16.4. The van der Waals surface area contributed by atoms with Crippen molar-refractivity contribution in [2.24, 2.45) is 0 Å². The van der Waals surface area contributed by atoms with E-state index in [0.717, 1.165) is 15.6 Å². The number of benzene rings is 1. The van der Waals surface area contributed by atoms with E-state index < -0.39 is 16.1 Å².